The number of amides is 3. The number of rotatable bonds is 8. The molecule has 2 fully saturated rings. The lowest BCUT2D eigenvalue weighted by Crippen LogP contribution is -2.57. The predicted molar refractivity (Wildman–Crippen MR) is 138 cm³/mol. The summed E-state index contributed by atoms with van der Waals surface area (Å²) in [7, 11) is -2.64. The average Bonchev–Trinajstić information content (AvgIpc) is 3.49. The smallest absolute Gasteiger partial charge is 0.261 e. The van der Waals surface area contributed by atoms with Gasteiger partial charge in [0.15, 0.2) is 5.82 Å². The monoisotopic (exact) mass is 571 g/mol. The van der Waals surface area contributed by atoms with Gasteiger partial charge < -0.3 is 20.0 Å². The minimum absolute atomic E-state index is 0.129. The third-order valence-corrected chi connectivity index (χ3v) is 8.99. The number of piperazine rings is 1. The summed E-state index contributed by atoms with van der Waals surface area (Å²) in [5.74, 6) is -2.42. The fraction of sp³-hybridized carbons (Fsp3) is 0.435. The van der Waals surface area contributed by atoms with Crippen molar-refractivity contribution in [1.82, 2.24) is 19.8 Å². The lowest BCUT2D eigenvalue weighted by Gasteiger charge is -2.34. The Bertz CT molecular complexity index is 1300. The molecule has 1 aromatic carbocycles. The summed E-state index contributed by atoms with van der Waals surface area (Å²) in [6.45, 7) is 1.89. The average molecular weight is 572 g/mol. The second-order valence-corrected chi connectivity index (χ2v) is 12.3. The summed E-state index contributed by atoms with van der Waals surface area (Å²) < 4.78 is 44.7. The van der Waals surface area contributed by atoms with E-state index >= 15 is 4.39 Å². The molecule has 3 amide bonds. The van der Waals surface area contributed by atoms with Gasteiger partial charge in [-0.2, -0.15) is 4.72 Å². The number of benzene rings is 1. The molecule has 3 heterocycles. The molecule has 0 bridgehead atoms. The zero-order valence-electron chi connectivity index (χ0n) is 20.1. The van der Waals surface area contributed by atoms with Crippen molar-refractivity contribution in [2.75, 3.05) is 51.2 Å². The molecule has 2 aliphatic heterocycles. The van der Waals surface area contributed by atoms with E-state index in [1.807, 2.05) is 11.9 Å². The first-order valence-electron chi connectivity index (χ1n) is 11.7. The number of nitrogens with one attached hydrogen (secondary N) is 2. The number of likely N-dealkylation sites (N-methyl/N-ethyl adjacent to an activating group) is 1. The fourth-order valence-corrected chi connectivity index (χ4v) is 6.46. The van der Waals surface area contributed by atoms with Crippen LogP contribution in [0.2, 0.25) is 4.34 Å². The second-order valence-electron chi connectivity index (χ2n) is 8.85. The molecule has 0 unspecified atom stereocenters. The number of carbonyl (C=O) groups is 3. The van der Waals surface area contributed by atoms with Crippen molar-refractivity contribution < 1.29 is 27.2 Å². The lowest BCUT2D eigenvalue weighted by molar-refractivity contribution is -0.134. The normalized spacial score (nSPS) is 17.8. The van der Waals surface area contributed by atoms with Crippen LogP contribution in [0.25, 0.3) is 0 Å². The number of sulfonamides is 1. The van der Waals surface area contributed by atoms with E-state index < -0.39 is 38.6 Å². The van der Waals surface area contributed by atoms with Crippen LogP contribution in [0.4, 0.5) is 10.1 Å². The van der Waals surface area contributed by atoms with Crippen LogP contribution in [-0.4, -0.2) is 88.3 Å². The van der Waals surface area contributed by atoms with Gasteiger partial charge in [-0.05, 0) is 37.7 Å². The molecule has 37 heavy (non-hydrogen) atoms. The van der Waals surface area contributed by atoms with Gasteiger partial charge in [0, 0.05) is 45.7 Å². The molecule has 200 valence electrons. The molecule has 4 rings (SSSR count). The molecule has 0 aliphatic carbocycles. The molecule has 2 N–H and O–H groups in total. The number of carbonyl (C=O) groups excluding carboxylic acids is 3. The van der Waals surface area contributed by atoms with E-state index in [0.717, 1.165) is 17.4 Å². The number of hydrogen-bond acceptors (Lipinski definition) is 7. The topological polar surface area (TPSA) is 119 Å². The highest BCUT2D eigenvalue weighted by Gasteiger charge is 2.34. The van der Waals surface area contributed by atoms with Gasteiger partial charge in [-0.25, -0.2) is 12.8 Å². The Labute approximate surface area is 223 Å². The molecule has 14 heteroatoms. The third-order valence-electron chi connectivity index (χ3n) is 6.27. The van der Waals surface area contributed by atoms with Crippen LogP contribution in [0.1, 0.15) is 22.5 Å². The summed E-state index contributed by atoms with van der Waals surface area (Å²) in [4.78, 5) is 42.4. The van der Waals surface area contributed by atoms with Crippen molar-refractivity contribution in [2.24, 2.45) is 0 Å². The maximum Gasteiger partial charge on any atom is 0.261 e. The number of nitrogens with zero attached hydrogens (tertiary/aromatic N) is 3. The first-order chi connectivity index (χ1) is 17.6. The van der Waals surface area contributed by atoms with Gasteiger partial charge in [0.2, 0.25) is 21.8 Å². The molecule has 0 saturated carbocycles. The highest BCUT2D eigenvalue weighted by atomic mass is 35.5. The van der Waals surface area contributed by atoms with Gasteiger partial charge in [-0.15, -0.1) is 11.3 Å². The zero-order valence-corrected chi connectivity index (χ0v) is 22.5. The van der Waals surface area contributed by atoms with Crippen LogP contribution < -0.4 is 14.9 Å². The summed E-state index contributed by atoms with van der Waals surface area (Å²) in [5, 5.41) is 2.57. The summed E-state index contributed by atoms with van der Waals surface area (Å²) >= 11 is 6.93. The molecule has 0 radical (unpaired) electrons. The summed E-state index contributed by atoms with van der Waals surface area (Å²) in [6, 6.07) is 5.45. The van der Waals surface area contributed by atoms with Gasteiger partial charge in [-0.1, -0.05) is 17.7 Å². The maximum atomic E-state index is 15.4. The fourth-order valence-electron chi connectivity index (χ4n) is 4.21. The molecule has 0 spiro atoms. The predicted octanol–water partition coefficient (Wildman–Crippen LogP) is 1.52. The molecule has 10 nitrogen and oxygen atoms in total. The van der Waals surface area contributed by atoms with Crippen molar-refractivity contribution in [2.45, 2.75) is 23.8 Å². The van der Waals surface area contributed by atoms with Crippen LogP contribution in [-0.2, 0) is 19.6 Å². The lowest BCUT2D eigenvalue weighted by atomic mass is 10.2. The maximum absolute atomic E-state index is 15.4. The highest BCUT2D eigenvalue weighted by molar-refractivity contribution is 7.89. The van der Waals surface area contributed by atoms with Crippen LogP contribution in [0.3, 0.4) is 0 Å². The summed E-state index contributed by atoms with van der Waals surface area (Å²) in [6.07, 6.45) is 0.801. The standard InChI is InChI=1S/C23H27ClFN5O5S2/c1-28-10-12-29(13-11-28)23(33)15(14-26-22(32)17-7-8-19(24)36-17)27-37(34,35)18-5-2-4-16(21(18)25)30-9-3-6-20(30)31/h2,4-5,7-8,15,27H,3,6,9-14H2,1H3,(H,26,32)/t15-/m0/s1. The first-order valence-corrected chi connectivity index (χ1v) is 14.4. The Kier molecular flexibility index (Phi) is 8.49. The van der Waals surface area contributed by atoms with E-state index in [9.17, 15) is 22.8 Å². The van der Waals surface area contributed by atoms with Crippen molar-refractivity contribution in [1.29, 1.82) is 0 Å². The van der Waals surface area contributed by atoms with Gasteiger partial charge >= 0.3 is 0 Å². The van der Waals surface area contributed by atoms with E-state index in [4.69, 9.17) is 11.6 Å². The van der Waals surface area contributed by atoms with Crippen molar-refractivity contribution in [3.63, 3.8) is 0 Å². The minimum atomic E-state index is -4.55. The Morgan fingerprint density at radius 1 is 1.14 bits per heavy atom. The Morgan fingerprint density at radius 2 is 1.86 bits per heavy atom. The molecule has 2 aromatic rings. The highest BCUT2D eigenvalue weighted by Crippen LogP contribution is 2.29. The molecule has 1 atom stereocenters. The summed E-state index contributed by atoms with van der Waals surface area (Å²) in [5.41, 5.74) is -0.129. The minimum Gasteiger partial charge on any atom is -0.349 e. The zero-order chi connectivity index (χ0) is 26.7. The molecule has 2 saturated heterocycles. The number of hydrogen-bond donors (Lipinski definition) is 2. The SMILES string of the molecule is CN1CCN(C(=O)[C@H](CNC(=O)c2ccc(Cl)s2)NS(=O)(=O)c2cccc(N3CCCC3=O)c2F)CC1. The molecular formula is C23H27ClFN5O5S2. The largest absolute Gasteiger partial charge is 0.349 e. The van der Waals surface area contributed by atoms with Gasteiger partial charge in [0.25, 0.3) is 5.91 Å². The third kappa shape index (κ3) is 6.29. The Balaban J connectivity index is 1.57. The van der Waals surface area contributed by atoms with Crippen LogP contribution in [0.5, 0.6) is 0 Å². The van der Waals surface area contributed by atoms with Gasteiger partial charge in [-0.3, -0.25) is 14.4 Å². The van der Waals surface area contributed by atoms with Gasteiger partial charge in [0.05, 0.1) is 14.9 Å². The quantitative estimate of drug-likeness (QED) is 0.496. The van der Waals surface area contributed by atoms with Crippen LogP contribution >= 0.6 is 22.9 Å². The molecule has 1 aromatic heterocycles. The van der Waals surface area contributed by atoms with Crippen LogP contribution in [0, 0.1) is 5.82 Å². The Hall–Kier alpha value is -2.58. The van der Waals surface area contributed by atoms with Crippen molar-refractivity contribution in [3.8, 4) is 0 Å². The number of thiophene rings is 1. The van der Waals surface area contributed by atoms with E-state index in [1.165, 1.54) is 28.0 Å². The molecule has 2 aliphatic rings. The first kappa shape index (κ1) is 27.5. The second kappa shape index (κ2) is 11.4. The van der Waals surface area contributed by atoms with E-state index in [2.05, 4.69) is 10.0 Å². The number of anilines is 1. The van der Waals surface area contributed by atoms with E-state index in [0.29, 0.717) is 41.8 Å². The van der Waals surface area contributed by atoms with Gasteiger partial charge in [0.1, 0.15) is 10.9 Å². The molecular weight excluding hydrogens is 545 g/mol. The van der Waals surface area contributed by atoms with Crippen molar-refractivity contribution in [3.05, 3.63) is 45.4 Å². The number of halogens is 2. The van der Waals surface area contributed by atoms with E-state index in [-0.39, 0.29) is 31.1 Å². The van der Waals surface area contributed by atoms with Crippen LogP contribution in [0.15, 0.2) is 35.2 Å². The Morgan fingerprint density at radius 3 is 2.49 bits per heavy atom. The van der Waals surface area contributed by atoms with E-state index in [1.54, 1.807) is 6.07 Å². The van der Waals surface area contributed by atoms with Crippen molar-refractivity contribution >= 4 is 56.4 Å².